The van der Waals surface area contributed by atoms with Gasteiger partial charge in [0.05, 0.1) is 0 Å². The van der Waals surface area contributed by atoms with E-state index in [2.05, 4.69) is 32.4 Å². The van der Waals surface area contributed by atoms with E-state index in [1.54, 1.807) is 14.1 Å². The van der Waals surface area contributed by atoms with Gasteiger partial charge in [-0.05, 0) is 12.3 Å². The lowest BCUT2D eigenvalue weighted by molar-refractivity contribution is -0.120. The Morgan fingerprint density at radius 3 is 1.62 bits per heavy atom. The molecule has 0 aromatic rings. The molecule has 0 rings (SSSR count). The normalized spacial score (nSPS) is 9.19. The molecular formula is C12H27NO3. The van der Waals surface area contributed by atoms with Crippen LogP contribution in [0.4, 0.5) is 4.79 Å². The maximum absolute atomic E-state index is 10.6. The number of rotatable bonds is 2. The molecule has 0 atom stereocenters. The minimum atomic E-state index is -0.491. The molecule has 0 aliphatic rings. The van der Waals surface area contributed by atoms with Crippen molar-refractivity contribution in [3.05, 3.63) is 0 Å². The first-order valence-corrected chi connectivity index (χ1v) is 4.87. The number of nitrogens with zero attached hydrogens (tertiary/aromatic N) is 1. The van der Waals surface area contributed by atoms with Crippen molar-refractivity contribution in [1.29, 1.82) is 0 Å². The second-order valence-electron chi connectivity index (χ2n) is 5.15. The molecule has 4 heteroatoms. The van der Waals surface area contributed by atoms with Crippen LogP contribution in [0.15, 0.2) is 0 Å². The molecule has 0 heterocycles. The smallest absolute Gasteiger partial charge is 0.409 e. The maximum atomic E-state index is 10.6. The third kappa shape index (κ3) is 29.3. The summed E-state index contributed by atoms with van der Waals surface area (Å²) < 4.78 is 4.50. The van der Waals surface area contributed by atoms with Crippen LogP contribution in [-0.2, 0) is 9.53 Å². The van der Waals surface area contributed by atoms with Crippen LogP contribution in [0.5, 0.6) is 0 Å². The summed E-state index contributed by atoms with van der Waals surface area (Å²) in [5.74, 6) is -0.157. The van der Waals surface area contributed by atoms with Gasteiger partial charge < -0.3 is 9.64 Å². The first-order chi connectivity index (χ1) is 6.54. The molecule has 0 spiro atoms. The molecule has 98 valence electrons. The van der Waals surface area contributed by atoms with Gasteiger partial charge in [-0.3, -0.25) is 4.79 Å². The van der Waals surface area contributed by atoms with Crippen LogP contribution in [0, 0.1) is 5.41 Å². The fraction of sp³-hybridized carbons (Fsp3) is 0.833. The van der Waals surface area contributed by atoms with Gasteiger partial charge in [-0.25, -0.2) is 4.79 Å². The number of amides is 1. The average Bonchev–Trinajstić information content (AvgIpc) is 1.96. The van der Waals surface area contributed by atoms with Crippen LogP contribution in [0.2, 0.25) is 0 Å². The van der Waals surface area contributed by atoms with Gasteiger partial charge in [0.25, 0.3) is 0 Å². The number of hydrogen-bond acceptors (Lipinski definition) is 3. The second-order valence-corrected chi connectivity index (χ2v) is 5.15. The third-order valence-electron chi connectivity index (χ3n) is 0.764. The predicted molar refractivity (Wildman–Crippen MR) is 67.6 cm³/mol. The fourth-order valence-corrected chi connectivity index (χ4v) is 0.292. The fourth-order valence-electron chi connectivity index (χ4n) is 0.292. The van der Waals surface area contributed by atoms with E-state index in [1.165, 1.54) is 11.8 Å². The number of ketones is 1. The van der Waals surface area contributed by atoms with E-state index in [-0.39, 0.29) is 19.8 Å². The second kappa shape index (κ2) is 9.19. The maximum Gasteiger partial charge on any atom is 0.409 e. The Kier molecular flexibility index (Phi) is 11.7. The Bertz CT molecular complexity index is 199. The molecule has 0 aliphatic carbocycles. The zero-order valence-electron chi connectivity index (χ0n) is 10.9. The number of carbonyl (C=O) groups excluding carboxylic acids is 2. The summed E-state index contributed by atoms with van der Waals surface area (Å²) in [7, 11) is 3.12. The first-order valence-electron chi connectivity index (χ1n) is 4.87. The molecule has 0 aliphatic heterocycles. The Morgan fingerprint density at radius 1 is 1.12 bits per heavy atom. The third-order valence-corrected chi connectivity index (χ3v) is 0.764. The van der Waals surface area contributed by atoms with Gasteiger partial charge in [0, 0.05) is 14.1 Å². The summed E-state index contributed by atoms with van der Waals surface area (Å²) in [6.07, 6.45) is -0.491. The lowest BCUT2D eigenvalue weighted by Crippen LogP contribution is -2.24. The van der Waals surface area contributed by atoms with Crippen LogP contribution < -0.4 is 0 Å². The van der Waals surface area contributed by atoms with E-state index in [0.29, 0.717) is 5.41 Å². The summed E-state index contributed by atoms with van der Waals surface area (Å²) in [5, 5.41) is 0. The molecule has 0 saturated heterocycles. The van der Waals surface area contributed by atoms with Crippen LogP contribution >= 0.6 is 0 Å². The predicted octanol–water partition coefficient (Wildman–Crippen LogP) is 2.96. The van der Waals surface area contributed by atoms with E-state index in [1.807, 2.05) is 0 Å². The topological polar surface area (TPSA) is 46.6 Å². The summed E-state index contributed by atoms with van der Waals surface area (Å²) in [4.78, 5) is 22.1. The molecule has 0 saturated carbocycles. The highest BCUT2D eigenvalue weighted by Gasteiger charge is 2.04. The minimum Gasteiger partial charge on any atom is -0.441 e. The SMILES string of the molecule is C.CC(=O)COC(=O)N(C)C.CC(C)(C)C. The van der Waals surface area contributed by atoms with Crippen molar-refractivity contribution in [3.63, 3.8) is 0 Å². The Balaban J connectivity index is -0.000000242. The first kappa shape index (κ1) is 20.4. The number of ether oxygens (including phenoxy) is 1. The van der Waals surface area contributed by atoms with Crippen molar-refractivity contribution in [2.45, 2.75) is 42.0 Å². The summed E-state index contributed by atoms with van der Waals surface area (Å²) in [6.45, 7) is 9.97. The van der Waals surface area contributed by atoms with Crippen molar-refractivity contribution in [1.82, 2.24) is 4.90 Å². The van der Waals surface area contributed by atoms with Gasteiger partial charge in [0.2, 0.25) is 0 Å². The molecule has 0 aromatic heterocycles. The van der Waals surface area contributed by atoms with E-state index in [9.17, 15) is 9.59 Å². The molecular weight excluding hydrogens is 206 g/mol. The number of hydrogen-bond donors (Lipinski definition) is 0. The van der Waals surface area contributed by atoms with E-state index < -0.39 is 6.09 Å². The molecule has 0 bridgehead atoms. The van der Waals surface area contributed by atoms with Crippen molar-refractivity contribution < 1.29 is 14.3 Å². The highest BCUT2D eigenvalue weighted by molar-refractivity contribution is 5.79. The Hall–Kier alpha value is -1.06. The van der Waals surface area contributed by atoms with Crippen LogP contribution in [-0.4, -0.2) is 37.5 Å². The molecule has 0 N–H and O–H groups in total. The molecule has 4 nitrogen and oxygen atoms in total. The van der Waals surface area contributed by atoms with E-state index >= 15 is 0 Å². The van der Waals surface area contributed by atoms with Gasteiger partial charge in [-0.15, -0.1) is 0 Å². The average molecular weight is 233 g/mol. The zero-order chi connectivity index (χ0) is 12.6. The highest BCUT2D eigenvalue weighted by atomic mass is 16.6. The van der Waals surface area contributed by atoms with E-state index in [0.717, 1.165) is 0 Å². The van der Waals surface area contributed by atoms with Crippen molar-refractivity contribution >= 4 is 11.9 Å². The monoisotopic (exact) mass is 233 g/mol. The Labute approximate surface area is 100.0 Å². The summed E-state index contributed by atoms with van der Waals surface area (Å²) in [6, 6.07) is 0. The van der Waals surface area contributed by atoms with Crippen LogP contribution in [0.25, 0.3) is 0 Å². The largest absolute Gasteiger partial charge is 0.441 e. The van der Waals surface area contributed by atoms with Crippen molar-refractivity contribution in [3.8, 4) is 0 Å². The van der Waals surface area contributed by atoms with Gasteiger partial charge in [0.15, 0.2) is 12.4 Å². The molecule has 0 fully saturated rings. The molecule has 0 aromatic carbocycles. The van der Waals surface area contributed by atoms with Gasteiger partial charge >= 0.3 is 6.09 Å². The van der Waals surface area contributed by atoms with Gasteiger partial charge in [-0.2, -0.15) is 0 Å². The summed E-state index contributed by atoms with van der Waals surface area (Å²) >= 11 is 0. The summed E-state index contributed by atoms with van der Waals surface area (Å²) in [5.41, 5.74) is 0.500. The van der Waals surface area contributed by atoms with E-state index in [4.69, 9.17) is 0 Å². The van der Waals surface area contributed by atoms with Crippen LogP contribution in [0.3, 0.4) is 0 Å². The van der Waals surface area contributed by atoms with Crippen molar-refractivity contribution in [2.75, 3.05) is 20.7 Å². The Morgan fingerprint density at radius 2 is 1.44 bits per heavy atom. The highest BCUT2D eigenvalue weighted by Crippen LogP contribution is 2.08. The number of carbonyl (C=O) groups is 2. The molecule has 0 radical (unpaired) electrons. The standard InChI is InChI=1S/C6H11NO3.C5H12.CH4/c1-5(8)4-10-6(9)7(2)3;1-5(2,3)4;/h4H2,1-3H3;1-4H3;1H4. The van der Waals surface area contributed by atoms with Crippen molar-refractivity contribution in [2.24, 2.45) is 5.41 Å². The molecule has 16 heavy (non-hydrogen) atoms. The number of Topliss-reactive ketones (excluding diaryl/α,β-unsaturated/α-hetero) is 1. The quantitative estimate of drug-likeness (QED) is 0.736. The minimum absolute atomic E-state index is 0. The molecule has 1 amide bonds. The lowest BCUT2D eigenvalue weighted by Gasteiger charge is -2.08. The zero-order valence-corrected chi connectivity index (χ0v) is 10.9. The van der Waals surface area contributed by atoms with Gasteiger partial charge in [-0.1, -0.05) is 35.1 Å². The molecule has 0 unspecified atom stereocenters. The van der Waals surface area contributed by atoms with Gasteiger partial charge in [0.1, 0.15) is 0 Å². The lowest BCUT2D eigenvalue weighted by atomic mass is 10.0. The van der Waals surface area contributed by atoms with Crippen LogP contribution in [0.1, 0.15) is 42.0 Å².